The molecule has 2 N–H and O–H groups in total. The van der Waals surface area contributed by atoms with Crippen molar-refractivity contribution in [1.29, 1.82) is 0 Å². The third-order valence-electron chi connectivity index (χ3n) is 8.99. The molecule has 2 aliphatic heterocycles. The lowest BCUT2D eigenvalue weighted by atomic mass is 9.88. The summed E-state index contributed by atoms with van der Waals surface area (Å²) < 4.78 is 5.43. The number of aromatic nitrogens is 1. The number of carbonyl (C=O) groups is 3. The standard InChI is InChI=1S/C37H34N4O4/c1-22(2)23-16-18-24(19-17-23)34-33-28(26-11-5-7-13-29(26)39-33)20-31-36(43)41(37(44)40(31)34)30-14-8-6-12-27(30)35(42)38-21-25-10-4-9-15-32(25)45-3/h4-19,22,31,34,39H,20-21H2,1-3H3,(H,38,42)/t31-,34+/m0/s1. The van der Waals surface area contributed by atoms with Gasteiger partial charge in [0.15, 0.2) is 0 Å². The minimum atomic E-state index is -0.719. The number of para-hydroxylation sites is 3. The number of nitrogens with zero attached hydrogens (tertiary/aromatic N) is 2. The number of aromatic amines is 1. The summed E-state index contributed by atoms with van der Waals surface area (Å²) in [6.45, 7) is 4.52. The average Bonchev–Trinajstić information content (AvgIpc) is 3.56. The summed E-state index contributed by atoms with van der Waals surface area (Å²) in [6, 6.07) is 28.9. The molecule has 0 unspecified atom stereocenters. The molecule has 2 atom stereocenters. The Morgan fingerprint density at radius 2 is 1.64 bits per heavy atom. The zero-order valence-electron chi connectivity index (χ0n) is 25.4. The van der Waals surface area contributed by atoms with Crippen molar-refractivity contribution in [3.63, 3.8) is 0 Å². The molecule has 0 saturated carbocycles. The second kappa shape index (κ2) is 11.3. The maximum absolute atomic E-state index is 14.4. The van der Waals surface area contributed by atoms with E-state index in [9.17, 15) is 14.4 Å². The first-order valence-corrected chi connectivity index (χ1v) is 15.2. The van der Waals surface area contributed by atoms with Gasteiger partial charge in [-0.25, -0.2) is 9.69 Å². The average molecular weight is 599 g/mol. The number of rotatable bonds is 7. The first-order chi connectivity index (χ1) is 21.9. The van der Waals surface area contributed by atoms with Crippen LogP contribution in [0.15, 0.2) is 97.1 Å². The Hall–Kier alpha value is -5.37. The summed E-state index contributed by atoms with van der Waals surface area (Å²) in [7, 11) is 1.58. The number of amides is 4. The highest BCUT2D eigenvalue weighted by atomic mass is 16.5. The van der Waals surface area contributed by atoms with Crippen LogP contribution in [0.5, 0.6) is 5.75 Å². The van der Waals surface area contributed by atoms with Gasteiger partial charge in [-0.3, -0.25) is 14.5 Å². The number of hydrogen-bond donors (Lipinski definition) is 2. The van der Waals surface area contributed by atoms with E-state index in [4.69, 9.17) is 4.74 Å². The van der Waals surface area contributed by atoms with Gasteiger partial charge >= 0.3 is 6.03 Å². The van der Waals surface area contributed by atoms with Crippen molar-refractivity contribution in [2.75, 3.05) is 12.0 Å². The van der Waals surface area contributed by atoms with Crippen LogP contribution >= 0.6 is 0 Å². The Kier molecular flexibility index (Phi) is 7.12. The lowest BCUT2D eigenvalue weighted by molar-refractivity contribution is -0.120. The zero-order chi connectivity index (χ0) is 31.2. The van der Waals surface area contributed by atoms with E-state index >= 15 is 0 Å². The lowest BCUT2D eigenvalue weighted by Gasteiger charge is -2.36. The minimum Gasteiger partial charge on any atom is -0.496 e. The number of nitrogens with one attached hydrogen (secondary N) is 2. The van der Waals surface area contributed by atoms with Gasteiger partial charge in [0.1, 0.15) is 17.8 Å². The van der Waals surface area contributed by atoms with Gasteiger partial charge in [-0.1, -0.05) is 86.6 Å². The predicted octanol–water partition coefficient (Wildman–Crippen LogP) is 6.71. The number of benzene rings is 4. The summed E-state index contributed by atoms with van der Waals surface area (Å²) in [4.78, 5) is 48.7. The van der Waals surface area contributed by atoms with Gasteiger partial charge < -0.3 is 15.0 Å². The van der Waals surface area contributed by atoms with Gasteiger partial charge in [0.25, 0.3) is 11.8 Å². The number of urea groups is 1. The van der Waals surface area contributed by atoms with E-state index in [1.165, 1.54) is 10.5 Å². The second-order valence-electron chi connectivity index (χ2n) is 11.9. The molecule has 45 heavy (non-hydrogen) atoms. The van der Waals surface area contributed by atoms with Crippen molar-refractivity contribution in [1.82, 2.24) is 15.2 Å². The molecule has 1 saturated heterocycles. The lowest BCUT2D eigenvalue weighted by Crippen LogP contribution is -2.44. The molecule has 0 radical (unpaired) electrons. The highest BCUT2D eigenvalue weighted by Crippen LogP contribution is 2.45. The summed E-state index contributed by atoms with van der Waals surface area (Å²) in [5.41, 5.74) is 6.37. The quantitative estimate of drug-likeness (QED) is 0.204. The molecule has 5 aromatic rings. The van der Waals surface area contributed by atoms with Crippen LogP contribution in [-0.2, 0) is 17.8 Å². The maximum Gasteiger partial charge on any atom is 0.332 e. The Bertz CT molecular complexity index is 1940. The molecule has 4 amide bonds. The molecule has 0 aliphatic carbocycles. The van der Waals surface area contributed by atoms with Gasteiger partial charge in [-0.05, 0) is 46.9 Å². The Balaban J connectivity index is 1.27. The van der Waals surface area contributed by atoms with Gasteiger partial charge in [0.2, 0.25) is 0 Å². The van der Waals surface area contributed by atoms with Crippen LogP contribution in [-0.4, -0.2) is 40.9 Å². The largest absolute Gasteiger partial charge is 0.496 e. The molecule has 2 aliphatic rings. The Morgan fingerprint density at radius 3 is 2.42 bits per heavy atom. The van der Waals surface area contributed by atoms with Crippen LogP contribution in [0.25, 0.3) is 10.9 Å². The van der Waals surface area contributed by atoms with E-state index < -0.39 is 18.1 Å². The first-order valence-electron chi connectivity index (χ1n) is 15.2. The number of carbonyl (C=O) groups excluding carboxylic acids is 3. The van der Waals surface area contributed by atoms with E-state index in [0.29, 0.717) is 18.1 Å². The molecule has 1 fully saturated rings. The van der Waals surface area contributed by atoms with Crippen molar-refractivity contribution in [3.05, 3.63) is 131 Å². The third kappa shape index (κ3) is 4.73. The number of ether oxygens (including phenoxy) is 1. The van der Waals surface area contributed by atoms with E-state index in [1.807, 2.05) is 42.5 Å². The molecule has 7 rings (SSSR count). The van der Waals surface area contributed by atoms with Crippen molar-refractivity contribution in [2.45, 2.75) is 44.8 Å². The van der Waals surface area contributed by atoms with Gasteiger partial charge in [-0.15, -0.1) is 0 Å². The summed E-state index contributed by atoms with van der Waals surface area (Å²) in [6.07, 6.45) is 0.378. The summed E-state index contributed by atoms with van der Waals surface area (Å²) >= 11 is 0. The number of imide groups is 1. The number of hydrogen-bond acceptors (Lipinski definition) is 4. The van der Waals surface area contributed by atoms with Gasteiger partial charge in [-0.2, -0.15) is 0 Å². The Morgan fingerprint density at radius 1 is 0.933 bits per heavy atom. The molecular formula is C37H34N4O4. The molecule has 1 aromatic heterocycles. The van der Waals surface area contributed by atoms with Crippen LogP contribution < -0.4 is 15.0 Å². The van der Waals surface area contributed by atoms with Crippen molar-refractivity contribution < 1.29 is 19.1 Å². The van der Waals surface area contributed by atoms with Crippen molar-refractivity contribution in [2.24, 2.45) is 0 Å². The van der Waals surface area contributed by atoms with E-state index in [-0.39, 0.29) is 29.6 Å². The van der Waals surface area contributed by atoms with Crippen LogP contribution in [0, 0.1) is 0 Å². The van der Waals surface area contributed by atoms with Crippen molar-refractivity contribution in [3.8, 4) is 5.75 Å². The molecule has 3 heterocycles. The monoisotopic (exact) mass is 598 g/mol. The number of methoxy groups -OCH3 is 1. The molecule has 226 valence electrons. The van der Waals surface area contributed by atoms with Crippen LogP contribution in [0.1, 0.15) is 64.1 Å². The van der Waals surface area contributed by atoms with Crippen LogP contribution in [0.3, 0.4) is 0 Å². The SMILES string of the molecule is COc1ccccc1CNC(=O)c1ccccc1N1C(=O)[C@@H]2Cc3c([nH]c4ccccc34)[C@@H](c3ccc(C(C)C)cc3)N2C1=O. The minimum absolute atomic E-state index is 0.226. The summed E-state index contributed by atoms with van der Waals surface area (Å²) in [5, 5.41) is 3.99. The van der Waals surface area contributed by atoms with Crippen LogP contribution in [0.2, 0.25) is 0 Å². The Labute approximate surface area is 261 Å². The highest BCUT2D eigenvalue weighted by Gasteiger charge is 2.53. The second-order valence-corrected chi connectivity index (χ2v) is 11.9. The summed E-state index contributed by atoms with van der Waals surface area (Å²) in [5.74, 6) is 0.290. The van der Waals surface area contributed by atoms with Gasteiger partial charge in [0.05, 0.1) is 18.4 Å². The fourth-order valence-corrected chi connectivity index (χ4v) is 6.69. The molecule has 0 bridgehead atoms. The fourth-order valence-electron chi connectivity index (χ4n) is 6.69. The number of fused-ring (bicyclic) bond motifs is 4. The van der Waals surface area contributed by atoms with Crippen LogP contribution in [0.4, 0.5) is 10.5 Å². The maximum atomic E-state index is 14.4. The molecular weight excluding hydrogens is 564 g/mol. The molecule has 8 heteroatoms. The zero-order valence-corrected chi connectivity index (χ0v) is 25.4. The van der Waals surface area contributed by atoms with E-state index in [1.54, 1.807) is 36.3 Å². The third-order valence-corrected chi connectivity index (χ3v) is 8.99. The van der Waals surface area contributed by atoms with E-state index in [0.717, 1.165) is 33.3 Å². The molecule has 0 spiro atoms. The number of anilines is 1. The van der Waals surface area contributed by atoms with Gasteiger partial charge in [0, 0.05) is 35.1 Å². The number of H-pyrrole nitrogens is 1. The topological polar surface area (TPSA) is 94.7 Å². The molecule has 8 nitrogen and oxygen atoms in total. The highest BCUT2D eigenvalue weighted by molar-refractivity contribution is 6.24. The van der Waals surface area contributed by atoms with Crippen molar-refractivity contribution >= 4 is 34.4 Å². The normalized spacial score (nSPS) is 17.5. The fraction of sp³-hybridized carbons (Fsp3) is 0.216. The smallest absolute Gasteiger partial charge is 0.332 e. The molecule has 4 aromatic carbocycles. The van der Waals surface area contributed by atoms with E-state index in [2.05, 4.69) is 54.5 Å². The first kappa shape index (κ1) is 28.4. The predicted molar refractivity (Wildman–Crippen MR) is 173 cm³/mol.